The van der Waals surface area contributed by atoms with E-state index in [1.165, 1.54) is 16.7 Å². The number of aliphatic carboxylic acids is 1. The maximum Gasteiger partial charge on any atom is 0.304 e. The number of anilines is 1. The van der Waals surface area contributed by atoms with Gasteiger partial charge in [0.1, 0.15) is 0 Å². The average molecular weight is 369 g/mol. The van der Waals surface area contributed by atoms with Gasteiger partial charge in [-0.15, -0.1) is 5.92 Å². The largest absolute Gasteiger partial charge is 0.481 e. The summed E-state index contributed by atoms with van der Waals surface area (Å²) in [5, 5.41) is 12.5. The molecule has 140 valence electrons. The molecule has 3 heteroatoms. The van der Waals surface area contributed by atoms with Crippen molar-refractivity contribution in [3.63, 3.8) is 0 Å². The van der Waals surface area contributed by atoms with E-state index >= 15 is 0 Å². The van der Waals surface area contributed by atoms with Crippen LogP contribution in [0.2, 0.25) is 0 Å². The predicted octanol–water partition coefficient (Wildman–Crippen LogP) is 5.55. The third kappa shape index (κ3) is 5.25. The van der Waals surface area contributed by atoms with Crippen LogP contribution in [0.15, 0.2) is 78.9 Å². The number of carboxylic acids is 1. The molecule has 28 heavy (non-hydrogen) atoms. The predicted molar refractivity (Wildman–Crippen MR) is 114 cm³/mol. The van der Waals surface area contributed by atoms with Gasteiger partial charge in [0.25, 0.3) is 0 Å². The van der Waals surface area contributed by atoms with Gasteiger partial charge in [0, 0.05) is 12.2 Å². The van der Waals surface area contributed by atoms with Gasteiger partial charge in [-0.1, -0.05) is 66.6 Å². The van der Waals surface area contributed by atoms with Crippen molar-refractivity contribution in [1.82, 2.24) is 0 Å². The first-order chi connectivity index (χ1) is 13.7. The number of hydrogen-bond donors (Lipinski definition) is 2. The van der Waals surface area contributed by atoms with Crippen LogP contribution < -0.4 is 5.32 Å². The van der Waals surface area contributed by atoms with Gasteiger partial charge in [-0.3, -0.25) is 4.79 Å². The van der Waals surface area contributed by atoms with Crippen LogP contribution in [0, 0.1) is 11.8 Å². The molecule has 3 aromatic carbocycles. The fourth-order valence-electron chi connectivity index (χ4n) is 3.13. The summed E-state index contributed by atoms with van der Waals surface area (Å²) in [5.74, 6) is 4.68. The first kappa shape index (κ1) is 19.3. The smallest absolute Gasteiger partial charge is 0.304 e. The lowest BCUT2D eigenvalue weighted by Crippen LogP contribution is -2.05. The summed E-state index contributed by atoms with van der Waals surface area (Å²) in [5.41, 5.74) is 5.52. The van der Waals surface area contributed by atoms with Crippen LogP contribution in [0.1, 0.15) is 30.4 Å². The Hall–Kier alpha value is -3.51. The van der Waals surface area contributed by atoms with E-state index in [-0.39, 0.29) is 12.3 Å². The summed E-state index contributed by atoms with van der Waals surface area (Å²) < 4.78 is 0. The van der Waals surface area contributed by atoms with Gasteiger partial charge in [-0.25, -0.2) is 0 Å². The molecule has 0 saturated heterocycles. The van der Waals surface area contributed by atoms with Crippen molar-refractivity contribution in [1.29, 1.82) is 0 Å². The Labute approximate surface area is 166 Å². The van der Waals surface area contributed by atoms with Crippen molar-refractivity contribution >= 4 is 11.7 Å². The molecule has 0 spiro atoms. The topological polar surface area (TPSA) is 49.3 Å². The third-order valence-corrected chi connectivity index (χ3v) is 4.54. The molecule has 3 nitrogen and oxygen atoms in total. The van der Waals surface area contributed by atoms with Crippen molar-refractivity contribution < 1.29 is 9.90 Å². The van der Waals surface area contributed by atoms with E-state index in [0.717, 1.165) is 11.3 Å². The van der Waals surface area contributed by atoms with E-state index in [1.807, 2.05) is 42.5 Å². The lowest BCUT2D eigenvalue weighted by Gasteiger charge is -2.12. The molecule has 0 heterocycles. The van der Waals surface area contributed by atoms with Crippen LogP contribution in [0.3, 0.4) is 0 Å². The number of nitrogens with one attached hydrogen (secondary N) is 1. The number of benzene rings is 3. The van der Waals surface area contributed by atoms with Crippen molar-refractivity contribution in [2.24, 2.45) is 0 Å². The van der Waals surface area contributed by atoms with Crippen LogP contribution in [0.25, 0.3) is 11.1 Å². The molecule has 2 N–H and O–H groups in total. The molecule has 3 aromatic rings. The Morgan fingerprint density at radius 3 is 2.36 bits per heavy atom. The highest BCUT2D eigenvalue weighted by atomic mass is 16.4. The van der Waals surface area contributed by atoms with E-state index in [2.05, 4.69) is 53.6 Å². The van der Waals surface area contributed by atoms with Gasteiger partial charge >= 0.3 is 5.97 Å². The molecule has 0 saturated carbocycles. The molecule has 0 radical (unpaired) electrons. The number of rotatable bonds is 7. The van der Waals surface area contributed by atoms with E-state index in [1.54, 1.807) is 6.92 Å². The van der Waals surface area contributed by atoms with E-state index < -0.39 is 5.97 Å². The van der Waals surface area contributed by atoms with Gasteiger partial charge in [0.15, 0.2) is 0 Å². The summed E-state index contributed by atoms with van der Waals surface area (Å²) in [6.07, 6.45) is 0.0138. The minimum atomic E-state index is -0.840. The van der Waals surface area contributed by atoms with Crippen LogP contribution in [-0.2, 0) is 11.3 Å². The molecule has 3 rings (SSSR count). The first-order valence-corrected chi connectivity index (χ1v) is 9.28. The molecule has 1 atom stereocenters. The minimum Gasteiger partial charge on any atom is -0.481 e. The Kier molecular flexibility index (Phi) is 6.49. The van der Waals surface area contributed by atoms with Crippen LogP contribution in [0.4, 0.5) is 5.69 Å². The normalized spacial score (nSPS) is 11.2. The number of carboxylic acid groups (broad SMARTS) is 1. The highest BCUT2D eigenvalue weighted by Crippen LogP contribution is 2.23. The zero-order valence-corrected chi connectivity index (χ0v) is 15.9. The fourth-order valence-corrected chi connectivity index (χ4v) is 3.13. The zero-order chi connectivity index (χ0) is 19.8. The molecule has 0 aliphatic carbocycles. The van der Waals surface area contributed by atoms with E-state index in [4.69, 9.17) is 5.11 Å². The molecular formula is C25H23NO2. The average Bonchev–Trinajstić information content (AvgIpc) is 2.73. The Bertz CT molecular complexity index is 982. The summed E-state index contributed by atoms with van der Waals surface area (Å²) in [6.45, 7) is 2.45. The summed E-state index contributed by atoms with van der Waals surface area (Å²) >= 11 is 0. The van der Waals surface area contributed by atoms with Gasteiger partial charge in [-0.2, -0.15) is 0 Å². The lowest BCUT2D eigenvalue weighted by atomic mass is 9.96. The number of hydrogen-bond acceptors (Lipinski definition) is 2. The minimum absolute atomic E-state index is 0.0138. The molecule has 0 fully saturated rings. The van der Waals surface area contributed by atoms with Crippen LogP contribution >= 0.6 is 0 Å². The van der Waals surface area contributed by atoms with Gasteiger partial charge < -0.3 is 10.4 Å². The third-order valence-electron chi connectivity index (χ3n) is 4.54. The molecule has 0 amide bonds. The van der Waals surface area contributed by atoms with Gasteiger partial charge in [-0.05, 0) is 47.4 Å². The number of carbonyl (C=O) groups is 1. The van der Waals surface area contributed by atoms with Crippen LogP contribution in [0.5, 0.6) is 0 Å². The maximum absolute atomic E-state index is 11.0. The van der Waals surface area contributed by atoms with E-state index in [0.29, 0.717) is 6.54 Å². The standard InChI is InChI=1S/C25H23NO2/c1-2-7-22(17-25(27)28)21-12-14-24(15-13-21)26-18-19-8-6-11-23(16-19)20-9-4-3-5-10-20/h3-6,8-16,22,26H,17-18H2,1H3,(H,27,28). The summed E-state index contributed by atoms with van der Waals surface area (Å²) in [4.78, 5) is 11.0. The molecular weight excluding hydrogens is 346 g/mol. The molecule has 1 unspecified atom stereocenters. The summed E-state index contributed by atoms with van der Waals surface area (Å²) in [7, 11) is 0. The van der Waals surface area contributed by atoms with E-state index in [9.17, 15) is 4.79 Å². The second-order valence-corrected chi connectivity index (χ2v) is 6.59. The van der Waals surface area contributed by atoms with Gasteiger partial charge in [0.05, 0.1) is 12.3 Å². The SMILES string of the molecule is CC#CC(CC(=O)O)c1ccc(NCc2cccc(-c3ccccc3)c2)cc1. The second-order valence-electron chi connectivity index (χ2n) is 6.59. The van der Waals surface area contributed by atoms with Crippen molar-refractivity contribution in [2.75, 3.05) is 5.32 Å². The highest BCUT2D eigenvalue weighted by molar-refractivity contribution is 5.69. The zero-order valence-electron chi connectivity index (χ0n) is 15.9. The summed E-state index contributed by atoms with van der Waals surface area (Å²) in [6, 6.07) is 26.6. The maximum atomic E-state index is 11.0. The monoisotopic (exact) mass is 369 g/mol. The van der Waals surface area contributed by atoms with Crippen molar-refractivity contribution in [2.45, 2.75) is 25.8 Å². The highest BCUT2D eigenvalue weighted by Gasteiger charge is 2.12. The van der Waals surface area contributed by atoms with Crippen molar-refractivity contribution in [3.8, 4) is 23.0 Å². The quantitative estimate of drug-likeness (QED) is 0.537. The van der Waals surface area contributed by atoms with Gasteiger partial charge in [0.2, 0.25) is 0 Å². The van der Waals surface area contributed by atoms with Crippen LogP contribution in [-0.4, -0.2) is 11.1 Å². The second kappa shape index (κ2) is 9.43. The first-order valence-electron chi connectivity index (χ1n) is 9.28. The fraction of sp³-hybridized carbons (Fsp3) is 0.160. The Morgan fingerprint density at radius 2 is 1.68 bits per heavy atom. The molecule has 0 aromatic heterocycles. The van der Waals surface area contributed by atoms with Crippen molar-refractivity contribution in [3.05, 3.63) is 90.0 Å². The Balaban J connectivity index is 1.66. The Morgan fingerprint density at radius 1 is 0.964 bits per heavy atom. The lowest BCUT2D eigenvalue weighted by molar-refractivity contribution is -0.137. The molecule has 0 aliphatic rings. The molecule has 0 aliphatic heterocycles. The molecule has 0 bridgehead atoms.